The molecule has 1 saturated carbocycles. The largest absolute Gasteiger partial charge is 0.489 e. The van der Waals surface area contributed by atoms with Gasteiger partial charge in [-0.05, 0) is 85.0 Å². The summed E-state index contributed by atoms with van der Waals surface area (Å²) in [5.41, 5.74) is -2.04. The number of ether oxygens (including phenoxy) is 2. The first kappa shape index (κ1) is 36.7. The number of fused-ring (bicyclic) bond motifs is 1. The number of hydrogen-bond acceptors (Lipinski definition) is 7. The fourth-order valence-corrected chi connectivity index (χ4v) is 6.73. The Bertz CT molecular complexity index is 1920. The highest BCUT2D eigenvalue weighted by atomic mass is 28.3. The number of hydrogen-bond donors (Lipinski definition) is 0. The van der Waals surface area contributed by atoms with Crippen LogP contribution in [0.3, 0.4) is 0 Å². The molecule has 1 aliphatic rings. The van der Waals surface area contributed by atoms with Crippen molar-refractivity contribution in [2.75, 3.05) is 6.61 Å². The number of esters is 1. The lowest BCUT2D eigenvalue weighted by Crippen LogP contribution is -2.36. The van der Waals surface area contributed by atoms with Crippen LogP contribution in [0.2, 0.25) is 25.7 Å². The van der Waals surface area contributed by atoms with E-state index in [2.05, 4.69) is 30.0 Å². The number of carbonyl (C=O) groups is 2. The van der Waals surface area contributed by atoms with Gasteiger partial charge < -0.3 is 9.47 Å². The molecule has 15 heteroatoms. The first-order valence-electron chi connectivity index (χ1n) is 16.0. The van der Waals surface area contributed by atoms with Crippen molar-refractivity contribution in [3.63, 3.8) is 0 Å². The molecule has 0 spiro atoms. The van der Waals surface area contributed by atoms with E-state index in [4.69, 9.17) is 9.47 Å². The highest BCUT2D eigenvalue weighted by Gasteiger charge is 2.46. The second-order valence-corrected chi connectivity index (χ2v) is 19.3. The van der Waals surface area contributed by atoms with Gasteiger partial charge in [0.1, 0.15) is 17.9 Å². The number of alkyl halides is 6. The minimum atomic E-state index is -4.68. The molecule has 1 fully saturated rings. The number of halogens is 6. The molecule has 0 bridgehead atoms. The molecule has 266 valence electrons. The average Bonchev–Trinajstić information content (AvgIpc) is 3.47. The summed E-state index contributed by atoms with van der Waals surface area (Å²) < 4.78 is 91.5. The van der Waals surface area contributed by atoms with Crippen LogP contribution >= 0.6 is 0 Å². The maximum Gasteiger partial charge on any atom is 0.416 e. The summed E-state index contributed by atoms with van der Waals surface area (Å²) in [6, 6.07) is 14.1. The number of Topliss-reactive ketones (excluding diaryl/α,β-unsaturated/α-hetero) is 1. The molecule has 50 heavy (non-hydrogen) atoms. The van der Waals surface area contributed by atoms with Crippen LogP contribution in [-0.2, 0) is 35.0 Å². The first-order chi connectivity index (χ1) is 23.4. The summed E-state index contributed by atoms with van der Waals surface area (Å²) in [6.45, 7) is 6.21. The predicted octanol–water partition coefficient (Wildman–Crippen LogP) is 7.81. The Kier molecular flexibility index (Phi) is 10.6. The number of rotatable bonds is 11. The van der Waals surface area contributed by atoms with Gasteiger partial charge in [-0.1, -0.05) is 37.0 Å². The third kappa shape index (κ3) is 8.78. The van der Waals surface area contributed by atoms with Crippen LogP contribution in [0, 0.1) is 17.8 Å². The van der Waals surface area contributed by atoms with Crippen LogP contribution in [0.4, 0.5) is 26.3 Å². The third-order valence-corrected chi connectivity index (χ3v) is 10.5. The molecule has 8 nitrogen and oxygen atoms in total. The van der Waals surface area contributed by atoms with Gasteiger partial charge in [0.2, 0.25) is 0 Å². The maximum absolute atomic E-state index is 13.8. The van der Waals surface area contributed by atoms with E-state index in [0.29, 0.717) is 23.8 Å². The van der Waals surface area contributed by atoms with Gasteiger partial charge in [-0.3, -0.25) is 14.4 Å². The first-order valence-corrected chi connectivity index (χ1v) is 19.7. The smallest absolute Gasteiger partial charge is 0.416 e. The Morgan fingerprint density at radius 1 is 0.900 bits per heavy atom. The molecule has 0 radical (unpaired) electrons. The van der Waals surface area contributed by atoms with Gasteiger partial charge >= 0.3 is 18.3 Å². The van der Waals surface area contributed by atoms with E-state index in [9.17, 15) is 40.7 Å². The van der Waals surface area contributed by atoms with Crippen LogP contribution in [0.1, 0.15) is 39.9 Å². The Hall–Kier alpha value is -4.53. The molecule has 0 unspecified atom stereocenters. The lowest BCUT2D eigenvalue weighted by atomic mass is 9.84. The van der Waals surface area contributed by atoms with Crippen molar-refractivity contribution >= 4 is 30.7 Å². The van der Waals surface area contributed by atoms with Crippen LogP contribution < -0.4 is 10.3 Å². The lowest BCUT2D eigenvalue weighted by molar-refractivity contribution is -0.150. The summed E-state index contributed by atoms with van der Waals surface area (Å²) in [7, 11) is -1.58. The van der Waals surface area contributed by atoms with Gasteiger partial charge in [0.05, 0.1) is 35.6 Å². The van der Waals surface area contributed by atoms with E-state index >= 15 is 0 Å². The predicted molar refractivity (Wildman–Crippen MR) is 174 cm³/mol. The number of ketones is 1. The second kappa shape index (κ2) is 14.4. The van der Waals surface area contributed by atoms with Crippen molar-refractivity contribution in [1.82, 2.24) is 15.0 Å². The minimum absolute atomic E-state index is 0.0108. The maximum atomic E-state index is 13.8. The van der Waals surface area contributed by atoms with E-state index in [1.807, 2.05) is 0 Å². The van der Waals surface area contributed by atoms with Gasteiger partial charge in [0.25, 0.3) is 5.56 Å². The fraction of sp³-hybridized carbons (Fsp3) is 0.400. The average molecular weight is 720 g/mol. The molecular formula is C35H35F6N3O5Si. The van der Waals surface area contributed by atoms with E-state index < -0.39 is 60.8 Å². The van der Waals surface area contributed by atoms with Crippen LogP contribution in [-0.4, -0.2) is 41.4 Å². The Morgan fingerprint density at radius 3 is 2.24 bits per heavy atom. The molecule has 0 aliphatic heterocycles. The summed E-state index contributed by atoms with van der Waals surface area (Å²) >= 11 is 0. The quantitative estimate of drug-likeness (QED) is 0.0675. The van der Waals surface area contributed by atoms with Crippen molar-refractivity contribution < 1.29 is 45.4 Å². The summed E-state index contributed by atoms with van der Waals surface area (Å²) in [5, 5.41) is 7.56. The van der Waals surface area contributed by atoms with Crippen molar-refractivity contribution in [3.05, 3.63) is 99.3 Å². The number of benzene rings is 3. The monoisotopic (exact) mass is 719 g/mol. The normalized spacial score (nSPS) is 18.3. The topological polar surface area (TPSA) is 100 Å². The van der Waals surface area contributed by atoms with Gasteiger partial charge in [-0.2, -0.15) is 26.3 Å². The number of nitrogens with zero attached hydrogens (tertiary/aromatic N) is 3. The van der Waals surface area contributed by atoms with Crippen LogP contribution in [0.5, 0.6) is 5.75 Å². The Balaban J connectivity index is 1.35. The number of aromatic nitrogens is 3. The molecule has 5 rings (SSSR count). The highest BCUT2D eigenvalue weighted by molar-refractivity contribution is 6.76. The Morgan fingerprint density at radius 2 is 1.58 bits per heavy atom. The zero-order valence-electron chi connectivity index (χ0n) is 27.5. The van der Waals surface area contributed by atoms with Gasteiger partial charge in [-0.15, -0.1) is 5.10 Å². The van der Waals surface area contributed by atoms with Crippen LogP contribution in [0.15, 0.2) is 71.5 Å². The van der Waals surface area contributed by atoms with E-state index in [1.54, 1.807) is 0 Å². The zero-order chi connectivity index (χ0) is 36.4. The highest BCUT2D eigenvalue weighted by Crippen LogP contribution is 2.41. The van der Waals surface area contributed by atoms with Crippen LogP contribution in [0.25, 0.3) is 10.9 Å². The van der Waals surface area contributed by atoms with E-state index in [1.165, 1.54) is 36.4 Å². The standard InChI is InChI=1S/C35H35F6N3O5Si/c1-50(2,3)16-15-48-33(47)30-23(19-44-32(46)28-18-25(35(39,40)41)10-14-29(28)42-43-44)9-13-27(30)31(45)22-7-11-26(12-8-22)49-20-21-5-4-6-24(17-21)34(36,37)38/h4-8,10-12,14,17-18,23,27,30H,9,13,15-16,19-20H2,1-3H3/t23-,27-,30-/m0/s1. The minimum Gasteiger partial charge on any atom is -0.489 e. The van der Waals surface area contributed by atoms with Crippen molar-refractivity contribution in [2.45, 2.75) is 64.0 Å². The molecule has 1 heterocycles. The van der Waals surface area contributed by atoms with Crippen molar-refractivity contribution in [2.24, 2.45) is 17.8 Å². The molecule has 0 N–H and O–H groups in total. The van der Waals surface area contributed by atoms with Gasteiger partial charge in [0.15, 0.2) is 5.78 Å². The second-order valence-electron chi connectivity index (χ2n) is 13.6. The zero-order valence-corrected chi connectivity index (χ0v) is 28.5. The van der Waals surface area contributed by atoms with E-state index in [0.717, 1.165) is 35.0 Å². The summed E-state index contributed by atoms with van der Waals surface area (Å²) in [6.07, 6.45) is -8.56. The summed E-state index contributed by atoms with van der Waals surface area (Å²) in [4.78, 5) is 40.7. The molecule has 1 aromatic heterocycles. The van der Waals surface area contributed by atoms with Gasteiger partial charge in [0, 0.05) is 19.6 Å². The Labute approximate surface area is 284 Å². The molecule has 0 saturated heterocycles. The van der Waals surface area contributed by atoms with E-state index in [-0.39, 0.29) is 48.4 Å². The van der Waals surface area contributed by atoms with Crippen molar-refractivity contribution in [3.8, 4) is 5.75 Å². The van der Waals surface area contributed by atoms with Crippen molar-refractivity contribution in [1.29, 1.82) is 0 Å². The number of carbonyl (C=O) groups excluding carboxylic acids is 2. The molecular weight excluding hydrogens is 684 g/mol. The molecule has 1 aliphatic carbocycles. The summed E-state index contributed by atoms with van der Waals surface area (Å²) in [5.74, 6) is -3.03. The molecule has 3 atom stereocenters. The fourth-order valence-electron chi connectivity index (χ4n) is 6.02. The molecule has 0 amide bonds. The van der Waals surface area contributed by atoms with Gasteiger partial charge in [-0.25, -0.2) is 4.68 Å². The molecule has 4 aromatic rings. The third-order valence-electron chi connectivity index (χ3n) is 8.75. The molecule has 3 aromatic carbocycles. The lowest BCUT2D eigenvalue weighted by Gasteiger charge is -2.24. The SMILES string of the molecule is C[Si](C)(C)CCOC(=O)[C@H]1[C@H](Cn2nnc3ccc(C(F)(F)F)cc3c2=O)CC[C@@H]1C(=O)c1ccc(OCc2cccc(C(F)(F)F)c2)cc1.